The molecule has 0 radical (unpaired) electrons. The molecule has 0 aliphatic heterocycles. The molecule has 0 heterocycles. The summed E-state index contributed by atoms with van der Waals surface area (Å²) < 4.78 is 14.0. The van der Waals surface area contributed by atoms with Gasteiger partial charge < -0.3 is 10.4 Å². The van der Waals surface area contributed by atoms with Crippen molar-refractivity contribution in [1.82, 2.24) is 5.32 Å². The molecule has 4 heteroatoms. The maximum absolute atomic E-state index is 13.1. The third-order valence-electron chi connectivity index (χ3n) is 2.85. The van der Waals surface area contributed by atoms with Gasteiger partial charge in [0, 0.05) is 17.6 Å². The standard InChI is InChI=1S/C15H15BrFNO/c16-14-7-6-13(17)8-12(14)9-18-10-15(19)11-4-2-1-3-5-11/h1-8,15,18-19H,9-10H2. The van der Waals surface area contributed by atoms with E-state index in [2.05, 4.69) is 21.2 Å². The Morgan fingerprint density at radius 2 is 1.89 bits per heavy atom. The Labute approximate surface area is 120 Å². The van der Waals surface area contributed by atoms with Crippen LogP contribution in [0.2, 0.25) is 0 Å². The number of aliphatic hydroxyl groups excluding tert-OH is 1. The number of halogens is 2. The van der Waals surface area contributed by atoms with Gasteiger partial charge in [-0.05, 0) is 29.3 Å². The van der Waals surface area contributed by atoms with Gasteiger partial charge in [0.1, 0.15) is 5.82 Å². The van der Waals surface area contributed by atoms with Crippen molar-refractivity contribution in [1.29, 1.82) is 0 Å². The van der Waals surface area contributed by atoms with Crippen LogP contribution >= 0.6 is 15.9 Å². The van der Waals surface area contributed by atoms with Crippen molar-refractivity contribution in [3.8, 4) is 0 Å². The van der Waals surface area contributed by atoms with Gasteiger partial charge in [0.2, 0.25) is 0 Å². The van der Waals surface area contributed by atoms with Crippen LogP contribution in [0.4, 0.5) is 4.39 Å². The van der Waals surface area contributed by atoms with Gasteiger partial charge in [-0.15, -0.1) is 0 Å². The second-order valence-corrected chi connectivity index (χ2v) is 5.15. The first kappa shape index (κ1) is 14.2. The molecule has 0 bridgehead atoms. The Balaban J connectivity index is 1.88. The summed E-state index contributed by atoms with van der Waals surface area (Å²) >= 11 is 3.37. The fraction of sp³-hybridized carbons (Fsp3) is 0.200. The van der Waals surface area contributed by atoms with E-state index in [0.717, 1.165) is 15.6 Å². The summed E-state index contributed by atoms with van der Waals surface area (Å²) in [4.78, 5) is 0. The van der Waals surface area contributed by atoms with Crippen molar-refractivity contribution in [3.63, 3.8) is 0 Å². The van der Waals surface area contributed by atoms with Crippen molar-refractivity contribution < 1.29 is 9.50 Å². The lowest BCUT2D eigenvalue weighted by atomic mass is 10.1. The minimum absolute atomic E-state index is 0.261. The molecule has 0 spiro atoms. The van der Waals surface area contributed by atoms with Crippen molar-refractivity contribution in [2.24, 2.45) is 0 Å². The number of nitrogens with one attached hydrogen (secondary N) is 1. The quantitative estimate of drug-likeness (QED) is 0.883. The number of benzene rings is 2. The number of rotatable bonds is 5. The number of hydrogen-bond donors (Lipinski definition) is 2. The summed E-state index contributed by atoms with van der Waals surface area (Å²) in [5, 5.41) is 13.1. The zero-order valence-corrected chi connectivity index (χ0v) is 11.9. The Kier molecular flexibility index (Phi) is 5.07. The molecule has 2 N–H and O–H groups in total. The molecule has 2 aromatic carbocycles. The highest BCUT2D eigenvalue weighted by atomic mass is 79.9. The average Bonchev–Trinajstić information content (AvgIpc) is 2.43. The Hall–Kier alpha value is -1.23. The van der Waals surface area contributed by atoms with E-state index < -0.39 is 6.10 Å². The van der Waals surface area contributed by atoms with Gasteiger partial charge in [0.25, 0.3) is 0 Å². The van der Waals surface area contributed by atoms with E-state index in [1.54, 1.807) is 6.07 Å². The third kappa shape index (κ3) is 4.13. The molecular weight excluding hydrogens is 309 g/mol. The highest BCUT2D eigenvalue weighted by Crippen LogP contribution is 2.18. The number of hydrogen-bond acceptors (Lipinski definition) is 2. The first-order chi connectivity index (χ1) is 9.16. The van der Waals surface area contributed by atoms with E-state index in [0.29, 0.717) is 13.1 Å². The van der Waals surface area contributed by atoms with Gasteiger partial charge in [-0.3, -0.25) is 0 Å². The van der Waals surface area contributed by atoms with Crippen molar-refractivity contribution >= 4 is 15.9 Å². The van der Waals surface area contributed by atoms with Crippen LogP contribution in [0.15, 0.2) is 53.0 Å². The average molecular weight is 324 g/mol. The van der Waals surface area contributed by atoms with Crippen molar-refractivity contribution in [2.45, 2.75) is 12.6 Å². The van der Waals surface area contributed by atoms with Crippen LogP contribution in [0.1, 0.15) is 17.2 Å². The summed E-state index contributed by atoms with van der Waals surface area (Å²) in [6.07, 6.45) is -0.562. The van der Waals surface area contributed by atoms with Crippen molar-refractivity contribution in [3.05, 3.63) is 69.9 Å². The third-order valence-corrected chi connectivity index (χ3v) is 3.62. The lowest BCUT2D eigenvalue weighted by Gasteiger charge is -2.12. The van der Waals surface area contributed by atoms with Crippen LogP contribution in [0.5, 0.6) is 0 Å². The van der Waals surface area contributed by atoms with Crippen LogP contribution in [-0.4, -0.2) is 11.7 Å². The molecular formula is C15H15BrFNO. The molecule has 1 unspecified atom stereocenters. The summed E-state index contributed by atoms with van der Waals surface area (Å²) in [6, 6.07) is 14.0. The zero-order chi connectivity index (χ0) is 13.7. The minimum Gasteiger partial charge on any atom is -0.387 e. The maximum atomic E-state index is 13.1. The van der Waals surface area contributed by atoms with Crippen LogP contribution < -0.4 is 5.32 Å². The highest BCUT2D eigenvalue weighted by Gasteiger charge is 2.07. The summed E-state index contributed by atoms with van der Waals surface area (Å²) in [5.41, 5.74) is 1.70. The van der Waals surface area contributed by atoms with E-state index in [9.17, 15) is 9.50 Å². The molecule has 0 aliphatic carbocycles. The SMILES string of the molecule is OC(CNCc1cc(F)ccc1Br)c1ccccc1. The summed E-state index contributed by atoms with van der Waals surface area (Å²) in [7, 11) is 0. The predicted molar refractivity (Wildman–Crippen MR) is 77.2 cm³/mol. The van der Waals surface area contributed by atoms with Crippen LogP contribution in [0.3, 0.4) is 0 Å². The fourth-order valence-electron chi connectivity index (χ4n) is 1.82. The summed E-state index contributed by atoms with van der Waals surface area (Å²) in [5.74, 6) is -0.261. The van der Waals surface area contributed by atoms with Crippen LogP contribution in [-0.2, 0) is 6.54 Å². The Morgan fingerprint density at radius 1 is 1.16 bits per heavy atom. The zero-order valence-electron chi connectivity index (χ0n) is 10.3. The molecule has 19 heavy (non-hydrogen) atoms. The lowest BCUT2D eigenvalue weighted by molar-refractivity contribution is 0.174. The monoisotopic (exact) mass is 323 g/mol. The van der Waals surface area contributed by atoms with E-state index in [-0.39, 0.29) is 5.82 Å². The largest absolute Gasteiger partial charge is 0.387 e. The maximum Gasteiger partial charge on any atom is 0.123 e. The van der Waals surface area contributed by atoms with Gasteiger partial charge in [-0.2, -0.15) is 0 Å². The molecule has 0 amide bonds. The van der Waals surface area contributed by atoms with Gasteiger partial charge in [0.15, 0.2) is 0 Å². The second-order valence-electron chi connectivity index (χ2n) is 4.29. The molecule has 2 nitrogen and oxygen atoms in total. The minimum atomic E-state index is -0.562. The van der Waals surface area contributed by atoms with Gasteiger partial charge in [-0.1, -0.05) is 46.3 Å². The van der Waals surface area contributed by atoms with E-state index in [4.69, 9.17) is 0 Å². The summed E-state index contributed by atoms with van der Waals surface area (Å²) in [6.45, 7) is 0.926. The molecule has 0 saturated heterocycles. The van der Waals surface area contributed by atoms with Gasteiger partial charge in [-0.25, -0.2) is 4.39 Å². The smallest absolute Gasteiger partial charge is 0.123 e. The van der Waals surface area contributed by atoms with Crippen LogP contribution in [0, 0.1) is 5.82 Å². The van der Waals surface area contributed by atoms with E-state index >= 15 is 0 Å². The second kappa shape index (κ2) is 6.80. The van der Waals surface area contributed by atoms with Gasteiger partial charge >= 0.3 is 0 Å². The molecule has 0 aromatic heterocycles. The molecule has 0 saturated carbocycles. The Bertz CT molecular complexity index is 533. The van der Waals surface area contributed by atoms with Crippen LogP contribution in [0.25, 0.3) is 0 Å². The van der Waals surface area contributed by atoms with Gasteiger partial charge in [0.05, 0.1) is 6.10 Å². The molecule has 2 aromatic rings. The van der Waals surface area contributed by atoms with Crippen molar-refractivity contribution in [2.75, 3.05) is 6.54 Å². The normalized spacial score (nSPS) is 12.4. The number of aliphatic hydroxyl groups is 1. The topological polar surface area (TPSA) is 32.3 Å². The fourth-order valence-corrected chi connectivity index (χ4v) is 2.20. The molecule has 0 aliphatic rings. The first-order valence-electron chi connectivity index (χ1n) is 6.04. The first-order valence-corrected chi connectivity index (χ1v) is 6.84. The lowest BCUT2D eigenvalue weighted by Crippen LogP contribution is -2.21. The predicted octanol–water partition coefficient (Wildman–Crippen LogP) is 3.41. The highest BCUT2D eigenvalue weighted by molar-refractivity contribution is 9.10. The van der Waals surface area contributed by atoms with E-state index in [1.165, 1.54) is 12.1 Å². The Morgan fingerprint density at radius 3 is 2.63 bits per heavy atom. The molecule has 2 rings (SSSR count). The van der Waals surface area contributed by atoms with E-state index in [1.807, 2.05) is 30.3 Å². The molecule has 100 valence electrons. The molecule has 0 fully saturated rings. The molecule has 1 atom stereocenters.